The molecule has 0 saturated heterocycles. The topological polar surface area (TPSA) is 36.4 Å². The zero-order valence-electron chi connectivity index (χ0n) is 11.6. The van der Waals surface area contributed by atoms with Crippen LogP contribution in [0.3, 0.4) is 0 Å². The third kappa shape index (κ3) is 11.8. The lowest BCUT2D eigenvalue weighted by molar-refractivity contribution is 0.346. The third-order valence-electron chi connectivity index (χ3n) is 2.29. The predicted octanol–water partition coefficient (Wildman–Crippen LogP) is 2.62. The minimum atomic E-state index is 0. The number of hydrogen-bond donors (Lipinski definition) is 2. The van der Waals surface area contributed by atoms with Gasteiger partial charge in [0.1, 0.15) is 0 Å². The first-order valence-corrected chi connectivity index (χ1v) is 5.79. The number of halogens is 1. The molecular formula is C13H26IN3. The molecule has 3 nitrogen and oxygen atoms in total. The summed E-state index contributed by atoms with van der Waals surface area (Å²) in [4.78, 5) is 4.11. The number of nitrogens with zero attached hydrogens (tertiary/aromatic N) is 1. The molecule has 0 rings (SSSR count). The van der Waals surface area contributed by atoms with Crippen molar-refractivity contribution in [1.29, 1.82) is 0 Å². The number of terminal acetylenes is 1. The Labute approximate surface area is 123 Å². The van der Waals surface area contributed by atoms with Crippen molar-refractivity contribution < 1.29 is 0 Å². The summed E-state index contributed by atoms with van der Waals surface area (Å²) in [5, 5.41) is 6.37. The molecule has 0 spiro atoms. The molecule has 0 aliphatic heterocycles. The van der Waals surface area contributed by atoms with Gasteiger partial charge in [-0.3, -0.25) is 4.99 Å². The number of rotatable bonds is 4. The van der Waals surface area contributed by atoms with Gasteiger partial charge in [-0.25, -0.2) is 0 Å². The molecule has 17 heavy (non-hydrogen) atoms. The van der Waals surface area contributed by atoms with Crippen molar-refractivity contribution in [3.63, 3.8) is 0 Å². The first-order valence-electron chi connectivity index (χ1n) is 5.79. The normalized spacial score (nSPS) is 13.3. The van der Waals surface area contributed by atoms with Crippen LogP contribution in [-0.4, -0.2) is 25.6 Å². The van der Waals surface area contributed by atoms with E-state index >= 15 is 0 Å². The monoisotopic (exact) mass is 351 g/mol. The molecule has 100 valence electrons. The zero-order chi connectivity index (χ0) is 12.6. The van der Waals surface area contributed by atoms with Crippen molar-refractivity contribution >= 4 is 29.9 Å². The number of hydrogen-bond acceptors (Lipinski definition) is 1. The molecule has 0 bridgehead atoms. The second kappa shape index (κ2) is 9.58. The molecule has 0 aliphatic carbocycles. The molecule has 0 aliphatic rings. The molecule has 0 amide bonds. The first-order chi connectivity index (χ1) is 7.39. The maximum atomic E-state index is 5.18. The Morgan fingerprint density at radius 3 is 2.41 bits per heavy atom. The summed E-state index contributed by atoms with van der Waals surface area (Å²) in [5.74, 6) is 3.31. The summed E-state index contributed by atoms with van der Waals surface area (Å²) < 4.78 is 0. The molecule has 0 aromatic heterocycles. The Hall–Kier alpha value is -0.440. The summed E-state index contributed by atoms with van der Waals surface area (Å²) in [7, 11) is 1.75. The van der Waals surface area contributed by atoms with Gasteiger partial charge in [-0.1, -0.05) is 26.7 Å². The summed E-state index contributed by atoms with van der Waals surface area (Å²) in [5.41, 5.74) is 0.381. The fourth-order valence-corrected chi connectivity index (χ4v) is 1.28. The SMILES string of the molecule is C#CCNC(=NC)NC(C)CCC(C)(C)C.I. The Morgan fingerprint density at radius 2 is 2.00 bits per heavy atom. The quantitative estimate of drug-likeness (QED) is 0.354. The maximum absolute atomic E-state index is 5.18. The molecule has 2 N–H and O–H groups in total. The van der Waals surface area contributed by atoms with Gasteiger partial charge in [0.15, 0.2) is 5.96 Å². The van der Waals surface area contributed by atoms with Crippen molar-refractivity contribution in [3.8, 4) is 12.3 Å². The third-order valence-corrected chi connectivity index (χ3v) is 2.29. The van der Waals surface area contributed by atoms with E-state index < -0.39 is 0 Å². The van der Waals surface area contributed by atoms with E-state index in [0.717, 1.165) is 12.4 Å². The van der Waals surface area contributed by atoms with Crippen molar-refractivity contribution in [3.05, 3.63) is 0 Å². The second-order valence-electron chi connectivity index (χ2n) is 5.27. The van der Waals surface area contributed by atoms with E-state index in [4.69, 9.17) is 6.42 Å². The molecule has 0 heterocycles. The van der Waals surface area contributed by atoms with Gasteiger partial charge in [0, 0.05) is 13.1 Å². The van der Waals surface area contributed by atoms with Gasteiger partial charge in [0.2, 0.25) is 0 Å². The smallest absolute Gasteiger partial charge is 0.191 e. The highest BCUT2D eigenvalue weighted by Gasteiger charge is 2.12. The van der Waals surface area contributed by atoms with Crippen LogP contribution in [0.25, 0.3) is 0 Å². The van der Waals surface area contributed by atoms with E-state index in [1.54, 1.807) is 7.05 Å². The van der Waals surface area contributed by atoms with Crippen molar-refractivity contribution in [2.24, 2.45) is 10.4 Å². The second-order valence-corrected chi connectivity index (χ2v) is 5.27. The van der Waals surface area contributed by atoms with Gasteiger partial charge in [-0.2, -0.15) is 0 Å². The van der Waals surface area contributed by atoms with Crippen molar-refractivity contribution in [2.45, 2.75) is 46.6 Å². The lowest BCUT2D eigenvalue weighted by Crippen LogP contribution is -2.42. The minimum absolute atomic E-state index is 0. The van der Waals surface area contributed by atoms with Gasteiger partial charge in [-0.15, -0.1) is 30.4 Å². The Morgan fingerprint density at radius 1 is 1.41 bits per heavy atom. The Balaban J connectivity index is 0. The van der Waals surface area contributed by atoms with Crippen LogP contribution in [0.5, 0.6) is 0 Å². The van der Waals surface area contributed by atoms with Crippen LogP contribution in [0.1, 0.15) is 40.5 Å². The number of nitrogens with one attached hydrogen (secondary N) is 2. The summed E-state index contributed by atoms with van der Waals surface area (Å²) in [6.45, 7) is 9.43. The summed E-state index contributed by atoms with van der Waals surface area (Å²) in [6, 6.07) is 0.406. The molecule has 1 unspecified atom stereocenters. The van der Waals surface area contributed by atoms with Crippen molar-refractivity contribution in [1.82, 2.24) is 10.6 Å². The minimum Gasteiger partial charge on any atom is -0.354 e. The van der Waals surface area contributed by atoms with Gasteiger partial charge >= 0.3 is 0 Å². The molecule has 0 fully saturated rings. The molecular weight excluding hydrogens is 325 g/mol. The maximum Gasteiger partial charge on any atom is 0.191 e. The predicted molar refractivity (Wildman–Crippen MR) is 86.9 cm³/mol. The highest BCUT2D eigenvalue weighted by Crippen LogP contribution is 2.21. The Kier molecular flexibility index (Phi) is 10.7. The average molecular weight is 351 g/mol. The van der Waals surface area contributed by atoms with E-state index in [1.807, 2.05) is 0 Å². The first kappa shape index (κ1) is 18.9. The molecule has 0 aromatic rings. The summed E-state index contributed by atoms with van der Waals surface area (Å²) in [6.07, 6.45) is 7.50. The average Bonchev–Trinajstić information content (AvgIpc) is 2.20. The van der Waals surface area contributed by atoms with E-state index in [9.17, 15) is 0 Å². The van der Waals surface area contributed by atoms with Crippen LogP contribution in [-0.2, 0) is 0 Å². The van der Waals surface area contributed by atoms with Gasteiger partial charge in [-0.05, 0) is 25.2 Å². The van der Waals surface area contributed by atoms with Gasteiger partial charge in [0.25, 0.3) is 0 Å². The van der Waals surface area contributed by atoms with Crippen LogP contribution >= 0.6 is 24.0 Å². The van der Waals surface area contributed by atoms with Crippen LogP contribution in [0.15, 0.2) is 4.99 Å². The van der Waals surface area contributed by atoms with Crippen LogP contribution in [0, 0.1) is 17.8 Å². The lowest BCUT2D eigenvalue weighted by atomic mass is 9.89. The Bertz CT molecular complexity index is 261. The fraction of sp³-hybridized carbons (Fsp3) is 0.769. The molecule has 1 atom stereocenters. The molecule has 4 heteroatoms. The fourth-order valence-electron chi connectivity index (χ4n) is 1.28. The molecule has 0 aromatic carbocycles. The van der Waals surface area contributed by atoms with Gasteiger partial charge < -0.3 is 10.6 Å². The van der Waals surface area contributed by atoms with E-state index in [0.29, 0.717) is 18.0 Å². The van der Waals surface area contributed by atoms with E-state index in [1.165, 1.54) is 6.42 Å². The highest BCUT2D eigenvalue weighted by molar-refractivity contribution is 14.0. The van der Waals surface area contributed by atoms with Crippen LogP contribution < -0.4 is 10.6 Å². The molecule has 0 saturated carbocycles. The van der Waals surface area contributed by atoms with E-state index in [2.05, 4.69) is 49.2 Å². The van der Waals surface area contributed by atoms with Gasteiger partial charge in [0.05, 0.1) is 6.54 Å². The van der Waals surface area contributed by atoms with Crippen LogP contribution in [0.4, 0.5) is 0 Å². The lowest BCUT2D eigenvalue weighted by Gasteiger charge is -2.22. The van der Waals surface area contributed by atoms with E-state index in [-0.39, 0.29) is 24.0 Å². The highest BCUT2D eigenvalue weighted by atomic mass is 127. The largest absolute Gasteiger partial charge is 0.354 e. The summed E-state index contributed by atoms with van der Waals surface area (Å²) >= 11 is 0. The molecule has 0 radical (unpaired) electrons. The zero-order valence-corrected chi connectivity index (χ0v) is 14.0. The standard InChI is InChI=1S/C13H25N3.HI/c1-7-10-15-12(14-6)16-11(2)8-9-13(3,4)5;/h1,11H,8-10H2,2-6H3,(H2,14,15,16);1H. The van der Waals surface area contributed by atoms with Crippen LogP contribution in [0.2, 0.25) is 0 Å². The number of guanidine groups is 1. The van der Waals surface area contributed by atoms with Crippen molar-refractivity contribution in [2.75, 3.05) is 13.6 Å². The number of aliphatic imine (C=N–C) groups is 1.